The summed E-state index contributed by atoms with van der Waals surface area (Å²) in [5, 5.41) is 4.54. The van der Waals surface area contributed by atoms with Gasteiger partial charge in [-0.1, -0.05) is 31.2 Å². The molecule has 3 nitrogen and oxygen atoms in total. The number of hydrogen-bond acceptors (Lipinski definition) is 3. The Kier molecular flexibility index (Phi) is 4.02. The number of likely N-dealkylation sites (N-methyl/N-ethyl adjacent to an activating group) is 1. The Hall–Kier alpha value is -2.13. The van der Waals surface area contributed by atoms with Crippen LogP contribution >= 0.6 is 0 Å². The van der Waals surface area contributed by atoms with Crippen molar-refractivity contribution in [1.82, 2.24) is 10.3 Å². The average Bonchev–Trinajstić information content (AvgIpc) is 2.97. The lowest BCUT2D eigenvalue weighted by Gasteiger charge is -2.14. The molecule has 0 amide bonds. The van der Waals surface area contributed by atoms with Crippen molar-refractivity contribution in [2.75, 3.05) is 7.05 Å². The smallest absolute Gasteiger partial charge is 0.134 e. The Morgan fingerprint density at radius 1 is 1.19 bits per heavy atom. The number of para-hydroxylation sites is 1. The van der Waals surface area contributed by atoms with Crippen LogP contribution < -0.4 is 5.32 Å². The molecule has 0 spiro atoms. The summed E-state index contributed by atoms with van der Waals surface area (Å²) in [5.74, 6) is 0. The topological polar surface area (TPSA) is 38.1 Å². The van der Waals surface area contributed by atoms with Crippen molar-refractivity contribution < 1.29 is 4.42 Å². The molecular formula is C18H20N2O. The Bertz CT molecular complexity index is 715. The third kappa shape index (κ3) is 2.83. The number of fused-ring (bicyclic) bond motifs is 1. The second-order valence-corrected chi connectivity index (χ2v) is 5.24. The number of furan rings is 1. The van der Waals surface area contributed by atoms with Crippen LogP contribution in [0.4, 0.5) is 0 Å². The number of hydrogen-bond donors (Lipinski definition) is 1. The molecule has 2 heterocycles. The molecular weight excluding hydrogens is 260 g/mol. The van der Waals surface area contributed by atoms with Gasteiger partial charge in [0.1, 0.15) is 5.58 Å². The SMILES string of the molecule is CCc1ccc(CC(NC)c2coc3ccccc23)nc1. The number of aryl methyl sites for hydroxylation is 1. The van der Waals surface area contributed by atoms with Gasteiger partial charge in [-0.25, -0.2) is 0 Å². The summed E-state index contributed by atoms with van der Waals surface area (Å²) in [5.41, 5.74) is 4.49. The predicted molar refractivity (Wildman–Crippen MR) is 85.3 cm³/mol. The van der Waals surface area contributed by atoms with Crippen molar-refractivity contribution in [2.45, 2.75) is 25.8 Å². The summed E-state index contributed by atoms with van der Waals surface area (Å²) in [6, 6.07) is 12.6. The monoisotopic (exact) mass is 280 g/mol. The number of aromatic nitrogens is 1. The minimum Gasteiger partial charge on any atom is -0.464 e. The molecule has 3 rings (SSSR count). The Balaban J connectivity index is 1.87. The number of nitrogens with zero attached hydrogens (tertiary/aromatic N) is 1. The first-order valence-electron chi connectivity index (χ1n) is 7.39. The second kappa shape index (κ2) is 6.10. The zero-order chi connectivity index (χ0) is 14.7. The van der Waals surface area contributed by atoms with Gasteiger partial charge in [-0.2, -0.15) is 0 Å². The van der Waals surface area contributed by atoms with Gasteiger partial charge in [0, 0.05) is 35.3 Å². The maximum atomic E-state index is 5.65. The first kappa shape index (κ1) is 13.8. The lowest BCUT2D eigenvalue weighted by atomic mass is 10.0. The van der Waals surface area contributed by atoms with E-state index in [4.69, 9.17) is 4.42 Å². The molecule has 1 aromatic carbocycles. The second-order valence-electron chi connectivity index (χ2n) is 5.24. The van der Waals surface area contributed by atoms with Crippen molar-refractivity contribution in [3.63, 3.8) is 0 Å². The molecule has 0 bridgehead atoms. The molecule has 1 unspecified atom stereocenters. The molecule has 0 fully saturated rings. The molecule has 21 heavy (non-hydrogen) atoms. The van der Waals surface area contributed by atoms with Gasteiger partial charge in [0.05, 0.1) is 6.26 Å². The van der Waals surface area contributed by atoms with Gasteiger partial charge in [-0.15, -0.1) is 0 Å². The summed E-state index contributed by atoms with van der Waals surface area (Å²) < 4.78 is 5.65. The number of benzene rings is 1. The van der Waals surface area contributed by atoms with E-state index in [2.05, 4.69) is 35.4 Å². The van der Waals surface area contributed by atoms with E-state index >= 15 is 0 Å². The van der Waals surface area contributed by atoms with Crippen molar-refractivity contribution >= 4 is 11.0 Å². The van der Waals surface area contributed by atoms with Crippen LogP contribution in [0.15, 0.2) is 53.3 Å². The Morgan fingerprint density at radius 3 is 2.76 bits per heavy atom. The quantitative estimate of drug-likeness (QED) is 0.770. The van der Waals surface area contributed by atoms with Crippen LogP contribution in [-0.2, 0) is 12.8 Å². The van der Waals surface area contributed by atoms with E-state index < -0.39 is 0 Å². The van der Waals surface area contributed by atoms with Gasteiger partial charge in [-0.3, -0.25) is 4.98 Å². The highest BCUT2D eigenvalue weighted by Gasteiger charge is 2.16. The summed E-state index contributed by atoms with van der Waals surface area (Å²) >= 11 is 0. The maximum absolute atomic E-state index is 5.65. The number of pyridine rings is 1. The first-order chi connectivity index (χ1) is 10.3. The molecule has 1 atom stereocenters. The van der Waals surface area contributed by atoms with Crippen LogP contribution in [0.5, 0.6) is 0 Å². The zero-order valence-electron chi connectivity index (χ0n) is 12.5. The fourth-order valence-electron chi connectivity index (χ4n) is 2.63. The number of nitrogens with one attached hydrogen (secondary N) is 1. The third-order valence-electron chi connectivity index (χ3n) is 3.94. The summed E-state index contributed by atoms with van der Waals surface area (Å²) in [4.78, 5) is 4.56. The van der Waals surface area contributed by atoms with Crippen LogP contribution in [0.2, 0.25) is 0 Å². The minimum absolute atomic E-state index is 0.202. The van der Waals surface area contributed by atoms with E-state index in [0.717, 1.165) is 24.1 Å². The fourth-order valence-corrected chi connectivity index (χ4v) is 2.63. The molecule has 108 valence electrons. The van der Waals surface area contributed by atoms with Crippen LogP contribution in [0.1, 0.15) is 29.8 Å². The molecule has 0 radical (unpaired) electrons. The summed E-state index contributed by atoms with van der Waals surface area (Å²) in [7, 11) is 1.98. The van der Waals surface area contributed by atoms with Gasteiger partial charge in [-0.05, 0) is 31.2 Å². The molecule has 0 aliphatic heterocycles. The van der Waals surface area contributed by atoms with Crippen LogP contribution in [0.25, 0.3) is 11.0 Å². The Morgan fingerprint density at radius 2 is 2.05 bits per heavy atom. The average molecular weight is 280 g/mol. The van der Waals surface area contributed by atoms with Gasteiger partial charge < -0.3 is 9.73 Å². The van der Waals surface area contributed by atoms with Crippen LogP contribution in [0, 0.1) is 0 Å². The standard InChI is InChI=1S/C18H20N2O/c1-3-13-8-9-14(20-11-13)10-17(19-2)16-12-21-18-7-5-4-6-15(16)18/h4-9,11-12,17,19H,3,10H2,1-2H3. The highest BCUT2D eigenvalue weighted by Crippen LogP contribution is 2.28. The molecule has 0 aliphatic rings. The normalized spacial score (nSPS) is 12.7. The zero-order valence-corrected chi connectivity index (χ0v) is 12.5. The minimum atomic E-state index is 0.202. The largest absolute Gasteiger partial charge is 0.464 e. The summed E-state index contributed by atoms with van der Waals surface area (Å²) in [6.07, 6.45) is 5.70. The van der Waals surface area contributed by atoms with Crippen molar-refractivity contribution in [3.8, 4) is 0 Å². The van der Waals surface area contributed by atoms with Crippen molar-refractivity contribution in [2.24, 2.45) is 0 Å². The van der Waals surface area contributed by atoms with Crippen LogP contribution in [0.3, 0.4) is 0 Å². The third-order valence-corrected chi connectivity index (χ3v) is 3.94. The van der Waals surface area contributed by atoms with Gasteiger partial charge >= 0.3 is 0 Å². The van der Waals surface area contributed by atoms with Gasteiger partial charge in [0.15, 0.2) is 0 Å². The molecule has 3 aromatic rings. The molecule has 0 saturated carbocycles. The molecule has 0 saturated heterocycles. The fraction of sp³-hybridized carbons (Fsp3) is 0.278. The van der Waals surface area contributed by atoms with Crippen LogP contribution in [-0.4, -0.2) is 12.0 Å². The first-order valence-corrected chi connectivity index (χ1v) is 7.39. The summed E-state index contributed by atoms with van der Waals surface area (Å²) in [6.45, 7) is 2.14. The molecule has 1 N–H and O–H groups in total. The molecule has 3 heteroatoms. The number of rotatable bonds is 5. The van der Waals surface area contributed by atoms with E-state index in [0.29, 0.717) is 0 Å². The van der Waals surface area contributed by atoms with Crippen molar-refractivity contribution in [1.29, 1.82) is 0 Å². The lowest BCUT2D eigenvalue weighted by molar-refractivity contribution is 0.559. The molecule has 0 aliphatic carbocycles. The molecule has 2 aromatic heterocycles. The van der Waals surface area contributed by atoms with E-state index in [9.17, 15) is 0 Å². The predicted octanol–water partition coefficient (Wildman–Crippen LogP) is 3.89. The van der Waals surface area contributed by atoms with E-state index in [1.54, 1.807) is 0 Å². The van der Waals surface area contributed by atoms with Crippen molar-refractivity contribution in [3.05, 3.63) is 65.7 Å². The maximum Gasteiger partial charge on any atom is 0.134 e. The van der Waals surface area contributed by atoms with Gasteiger partial charge in [0.25, 0.3) is 0 Å². The highest BCUT2D eigenvalue weighted by molar-refractivity contribution is 5.81. The van der Waals surface area contributed by atoms with Gasteiger partial charge in [0.2, 0.25) is 0 Å². The Labute approximate surface area is 125 Å². The van der Waals surface area contributed by atoms with E-state index in [1.807, 2.05) is 37.7 Å². The van der Waals surface area contributed by atoms with E-state index in [-0.39, 0.29) is 6.04 Å². The lowest BCUT2D eigenvalue weighted by Crippen LogP contribution is -2.19. The highest BCUT2D eigenvalue weighted by atomic mass is 16.3. The van der Waals surface area contributed by atoms with E-state index in [1.165, 1.54) is 16.5 Å².